The Kier molecular flexibility index (Phi) is 4.68. The van der Waals surface area contributed by atoms with Gasteiger partial charge in [0, 0.05) is 16.3 Å². The number of amides is 3. The van der Waals surface area contributed by atoms with Crippen molar-refractivity contribution >= 4 is 40.7 Å². The number of nitrogens with zero attached hydrogens (tertiary/aromatic N) is 1. The molecule has 3 aromatic rings. The van der Waals surface area contributed by atoms with Gasteiger partial charge in [-0.05, 0) is 67.9 Å². The molecular formula is C23H17ClN2O3. The number of imide groups is 1. The summed E-state index contributed by atoms with van der Waals surface area (Å²) >= 11 is 5.97. The Morgan fingerprint density at radius 1 is 0.897 bits per heavy atom. The van der Waals surface area contributed by atoms with Gasteiger partial charge in [0.15, 0.2) is 0 Å². The fourth-order valence-corrected chi connectivity index (χ4v) is 3.58. The van der Waals surface area contributed by atoms with Crippen LogP contribution in [-0.2, 0) is 0 Å². The predicted octanol–water partition coefficient (Wildman–Crippen LogP) is 5.01. The fraction of sp³-hybridized carbons (Fsp3) is 0.0870. The van der Waals surface area contributed by atoms with E-state index < -0.39 is 5.91 Å². The van der Waals surface area contributed by atoms with Crippen LogP contribution in [0, 0.1) is 13.8 Å². The van der Waals surface area contributed by atoms with Crippen LogP contribution in [-0.4, -0.2) is 17.7 Å². The van der Waals surface area contributed by atoms with Gasteiger partial charge in [0.2, 0.25) is 0 Å². The number of benzene rings is 3. The Morgan fingerprint density at radius 3 is 2.38 bits per heavy atom. The lowest BCUT2D eigenvalue weighted by Gasteiger charge is -2.17. The zero-order valence-corrected chi connectivity index (χ0v) is 16.6. The largest absolute Gasteiger partial charge is 0.322 e. The number of anilines is 2. The Balaban J connectivity index is 1.61. The Morgan fingerprint density at radius 2 is 1.66 bits per heavy atom. The van der Waals surface area contributed by atoms with Gasteiger partial charge in [-0.25, -0.2) is 4.90 Å². The summed E-state index contributed by atoms with van der Waals surface area (Å²) in [4.78, 5) is 39.1. The molecule has 3 amide bonds. The summed E-state index contributed by atoms with van der Waals surface area (Å²) in [7, 11) is 0. The van der Waals surface area contributed by atoms with Crippen LogP contribution in [0.4, 0.5) is 11.4 Å². The van der Waals surface area contributed by atoms with Crippen molar-refractivity contribution in [2.45, 2.75) is 13.8 Å². The van der Waals surface area contributed by atoms with Crippen LogP contribution in [0.5, 0.6) is 0 Å². The molecule has 0 saturated carbocycles. The molecule has 144 valence electrons. The number of hydrogen-bond donors (Lipinski definition) is 1. The van der Waals surface area contributed by atoms with Crippen molar-refractivity contribution in [2.75, 3.05) is 10.2 Å². The van der Waals surface area contributed by atoms with Crippen LogP contribution in [0.25, 0.3) is 0 Å². The first-order valence-electron chi connectivity index (χ1n) is 9.02. The summed E-state index contributed by atoms with van der Waals surface area (Å²) in [5.74, 6) is -1.02. The molecule has 5 nitrogen and oxygen atoms in total. The lowest BCUT2D eigenvalue weighted by molar-refractivity contribution is 0.0924. The molecule has 0 unspecified atom stereocenters. The van der Waals surface area contributed by atoms with E-state index in [9.17, 15) is 14.4 Å². The Hall–Kier alpha value is -3.44. The summed E-state index contributed by atoms with van der Waals surface area (Å²) in [5, 5.41) is 3.25. The predicted molar refractivity (Wildman–Crippen MR) is 113 cm³/mol. The van der Waals surface area contributed by atoms with Gasteiger partial charge in [-0.3, -0.25) is 14.4 Å². The zero-order chi connectivity index (χ0) is 20.7. The second-order valence-corrected chi connectivity index (χ2v) is 7.40. The molecule has 0 saturated heterocycles. The highest BCUT2D eigenvalue weighted by Gasteiger charge is 2.37. The van der Waals surface area contributed by atoms with E-state index >= 15 is 0 Å². The molecule has 1 heterocycles. The SMILES string of the molecule is Cc1cccc(C(=O)Nc2ccc(N3C(=O)c4ccc(Cl)cc4C3=O)c(C)c2)c1. The maximum atomic E-state index is 12.8. The number of halogens is 1. The second-order valence-electron chi connectivity index (χ2n) is 6.96. The van der Waals surface area contributed by atoms with Crippen molar-refractivity contribution in [3.05, 3.63) is 93.5 Å². The second kappa shape index (κ2) is 7.18. The van der Waals surface area contributed by atoms with Crippen molar-refractivity contribution < 1.29 is 14.4 Å². The molecule has 0 fully saturated rings. The van der Waals surface area contributed by atoms with Gasteiger partial charge in [-0.1, -0.05) is 29.3 Å². The lowest BCUT2D eigenvalue weighted by Crippen LogP contribution is -2.30. The maximum absolute atomic E-state index is 12.8. The van der Waals surface area contributed by atoms with Gasteiger partial charge >= 0.3 is 0 Å². The van der Waals surface area contributed by atoms with Gasteiger partial charge in [0.25, 0.3) is 17.7 Å². The molecule has 0 aliphatic carbocycles. The van der Waals surface area contributed by atoms with E-state index in [1.807, 2.05) is 19.1 Å². The van der Waals surface area contributed by atoms with E-state index in [2.05, 4.69) is 5.32 Å². The van der Waals surface area contributed by atoms with Crippen molar-refractivity contribution in [3.63, 3.8) is 0 Å². The Labute approximate surface area is 172 Å². The number of hydrogen-bond acceptors (Lipinski definition) is 3. The fourth-order valence-electron chi connectivity index (χ4n) is 3.41. The van der Waals surface area contributed by atoms with Crippen molar-refractivity contribution in [3.8, 4) is 0 Å². The van der Waals surface area contributed by atoms with E-state index in [0.29, 0.717) is 38.7 Å². The molecule has 1 N–H and O–H groups in total. The molecule has 3 aromatic carbocycles. The molecule has 0 aromatic heterocycles. The van der Waals surface area contributed by atoms with Crippen LogP contribution in [0.15, 0.2) is 60.7 Å². The molecule has 1 aliphatic rings. The monoisotopic (exact) mass is 404 g/mol. The zero-order valence-electron chi connectivity index (χ0n) is 15.8. The van der Waals surface area contributed by atoms with Gasteiger partial charge in [-0.2, -0.15) is 0 Å². The first-order valence-corrected chi connectivity index (χ1v) is 9.40. The Bertz CT molecular complexity index is 1190. The molecule has 29 heavy (non-hydrogen) atoms. The van der Waals surface area contributed by atoms with Crippen LogP contribution >= 0.6 is 11.6 Å². The lowest BCUT2D eigenvalue weighted by atomic mass is 10.1. The molecule has 4 rings (SSSR count). The smallest absolute Gasteiger partial charge is 0.266 e. The van der Waals surface area contributed by atoms with Crippen molar-refractivity contribution in [2.24, 2.45) is 0 Å². The van der Waals surface area contributed by atoms with E-state index in [0.717, 1.165) is 10.5 Å². The standard InChI is InChI=1S/C23H17ClN2O3/c1-13-4-3-5-15(10-13)21(27)25-17-7-9-20(14(2)11-17)26-22(28)18-8-6-16(24)12-19(18)23(26)29/h3-12H,1-2H3,(H,25,27). The van der Waals surface area contributed by atoms with Gasteiger partial charge in [0.05, 0.1) is 16.8 Å². The average molecular weight is 405 g/mol. The molecule has 0 spiro atoms. The molecule has 0 bridgehead atoms. The quantitative estimate of drug-likeness (QED) is 0.624. The van der Waals surface area contributed by atoms with E-state index in [1.54, 1.807) is 49.4 Å². The number of rotatable bonds is 3. The molecule has 0 atom stereocenters. The minimum Gasteiger partial charge on any atom is -0.322 e. The van der Waals surface area contributed by atoms with Crippen molar-refractivity contribution in [1.29, 1.82) is 0 Å². The summed E-state index contributed by atoms with van der Waals surface area (Å²) in [5.41, 5.74) is 3.92. The number of aryl methyl sites for hydroxylation is 2. The third kappa shape index (κ3) is 3.41. The van der Waals surface area contributed by atoms with E-state index in [-0.39, 0.29) is 11.8 Å². The summed E-state index contributed by atoms with van der Waals surface area (Å²) in [6, 6.07) is 17.0. The molecule has 1 aliphatic heterocycles. The summed E-state index contributed by atoms with van der Waals surface area (Å²) < 4.78 is 0. The van der Waals surface area contributed by atoms with Crippen LogP contribution < -0.4 is 10.2 Å². The van der Waals surface area contributed by atoms with Gasteiger partial charge in [-0.15, -0.1) is 0 Å². The molecule has 6 heteroatoms. The van der Waals surface area contributed by atoms with Gasteiger partial charge < -0.3 is 5.32 Å². The first-order chi connectivity index (χ1) is 13.8. The third-order valence-electron chi connectivity index (χ3n) is 4.82. The topological polar surface area (TPSA) is 66.5 Å². The third-order valence-corrected chi connectivity index (χ3v) is 5.06. The van der Waals surface area contributed by atoms with Crippen LogP contribution in [0.1, 0.15) is 42.2 Å². The van der Waals surface area contributed by atoms with Crippen LogP contribution in [0.2, 0.25) is 5.02 Å². The number of nitrogens with one attached hydrogen (secondary N) is 1. The first kappa shape index (κ1) is 18.9. The summed E-state index contributed by atoms with van der Waals surface area (Å²) in [6.45, 7) is 3.71. The highest BCUT2D eigenvalue weighted by Crippen LogP contribution is 2.33. The highest BCUT2D eigenvalue weighted by molar-refractivity contribution is 6.37. The number of carbonyl (C=O) groups excluding carboxylic acids is 3. The van der Waals surface area contributed by atoms with Crippen LogP contribution in [0.3, 0.4) is 0 Å². The van der Waals surface area contributed by atoms with Gasteiger partial charge in [0.1, 0.15) is 0 Å². The number of carbonyl (C=O) groups is 3. The minimum absolute atomic E-state index is 0.226. The van der Waals surface area contributed by atoms with E-state index in [1.165, 1.54) is 6.07 Å². The summed E-state index contributed by atoms with van der Waals surface area (Å²) in [6.07, 6.45) is 0. The van der Waals surface area contributed by atoms with Crippen molar-refractivity contribution in [1.82, 2.24) is 0 Å². The number of fused-ring (bicyclic) bond motifs is 1. The maximum Gasteiger partial charge on any atom is 0.266 e. The minimum atomic E-state index is -0.410. The molecular weight excluding hydrogens is 388 g/mol. The highest BCUT2D eigenvalue weighted by atomic mass is 35.5. The molecule has 0 radical (unpaired) electrons. The normalized spacial score (nSPS) is 12.9. The van der Waals surface area contributed by atoms with E-state index in [4.69, 9.17) is 11.6 Å². The average Bonchev–Trinajstić information content (AvgIpc) is 2.92.